The number of hydrogen-bond acceptors (Lipinski definition) is 10. The zero-order chi connectivity index (χ0) is 20.8. The summed E-state index contributed by atoms with van der Waals surface area (Å²) < 4.78 is 40.2. The molecule has 2 fully saturated rings. The third kappa shape index (κ3) is 7.34. The fourth-order valence-electron chi connectivity index (χ4n) is 2.64. The van der Waals surface area contributed by atoms with E-state index in [-0.39, 0.29) is 24.9 Å². The van der Waals surface area contributed by atoms with Crippen LogP contribution in [-0.4, -0.2) is 78.5 Å². The van der Waals surface area contributed by atoms with Crippen molar-refractivity contribution in [1.82, 2.24) is 0 Å². The van der Waals surface area contributed by atoms with E-state index in [1.807, 2.05) is 20.8 Å². The average Bonchev–Trinajstić information content (AvgIpc) is 3.24. The SMILES string of the molecule is CC(C)(C)C(=O)SCCO[P@@](=O)(OC[C@H]1OCCC1O)OC1CCO[C@@H]1CO. The maximum absolute atomic E-state index is 13.1. The van der Waals surface area contributed by atoms with Crippen molar-refractivity contribution in [3.63, 3.8) is 0 Å². The van der Waals surface area contributed by atoms with E-state index < -0.39 is 37.7 Å². The van der Waals surface area contributed by atoms with Gasteiger partial charge in [0, 0.05) is 30.8 Å². The van der Waals surface area contributed by atoms with Crippen molar-refractivity contribution in [3.8, 4) is 0 Å². The third-order valence-electron chi connectivity index (χ3n) is 4.34. The standard InChI is InChI=1S/C17H31O9PS/c1-17(2,3)16(20)28-9-8-24-27(21,25-11-15-12(19)4-6-23-15)26-13-5-7-22-14(13)10-18/h12-15,18-19H,4-11H2,1-3H3/t12?,13?,14-,15-,27+/m1/s1. The monoisotopic (exact) mass is 442 g/mol. The average molecular weight is 442 g/mol. The van der Waals surface area contributed by atoms with Gasteiger partial charge in [-0.3, -0.25) is 18.4 Å². The minimum atomic E-state index is -4.01. The molecule has 2 aliphatic rings. The molecule has 0 aliphatic carbocycles. The van der Waals surface area contributed by atoms with Gasteiger partial charge in [0.05, 0.1) is 25.9 Å². The number of phosphoric acid groups is 1. The molecule has 0 saturated carbocycles. The summed E-state index contributed by atoms with van der Waals surface area (Å²) in [6, 6.07) is 0. The van der Waals surface area contributed by atoms with Crippen LogP contribution in [0.5, 0.6) is 0 Å². The minimum Gasteiger partial charge on any atom is -0.394 e. The van der Waals surface area contributed by atoms with Gasteiger partial charge in [-0.25, -0.2) is 4.57 Å². The summed E-state index contributed by atoms with van der Waals surface area (Å²) in [5.41, 5.74) is -0.479. The van der Waals surface area contributed by atoms with Gasteiger partial charge in [-0.2, -0.15) is 0 Å². The van der Waals surface area contributed by atoms with Gasteiger partial charge in [-0.05, 0) is 6.42 Å². The first-order valence-corrected chi connectivity index (χ1v) is 11.9. The van der Waals surface area contributed by atoms with Gasteiger partial charge in [-0.15, -0.1) is 0 Å². The predicted octanol–water partition coefficient (Wildman–Crippen LogP) is 1.75. The lowest BCUT2D eigenvalue weighted by atomic mass is 10.00. The van der Waals surface area contributed by atoms with Crippen LogP contribution in [0.15, 0.2) is 0 Å². The van der Waals surface area contributed by atoms with Crippen LogP contribution in [0.1, 0.15) is 33.6 Å². The van der Waals surface area contributed by atoms with E-state index in [4.69, 9.17) is 23.0 Å². The van der Waals surface area contributed by atoms with E-state index in [0.29, 0.717) is 31.8 Å². The Morgan fingerprint density at radius 1 is 1.18 bits per heavy atom. The molecule has 2 saturated heterocycles. The van der Waals surface area contributed by atoms with E-state index in [0.717, 1.165) is 11.8 Å². The first kappa shape index (κ1) is 24.2. The number of hydrogen-bond donors (Lipinski definition) is 2. The van der Waals surface area contributed by atoms with E-state index in [1.165, 1.54) is 0 Å². The van der Waals surface area contributed by atoms with Gasteiger partial charge in [-0.1, -0.05) is 32.5 Å². The Bertz CT molecular complexity index is 553. The number of ether oxygens (including phenoxy) is 2. The molecule has 11 heteroatoms. The molecule has 0 aromatic carbocycles. The molecule has 0 amide bonds. The molecule has 0 aromatic heterocycles. The van der Waals surface area contributed by atoms with Gasteiger partial charge in [0.25, 0.3) is 0 Å². The number of carbonyl (C=O) groups excluding carboxylic acids is 1. The molecule has 2 aliphatic heterocycles. The van der Waals surface area contributed by atoms with E-state index in [1.54, 1.807) is 0 Å². The molecule has 2 rings (SSSR count). The van der Waals surface area contributed by atoms with Crippen LogP contribution in [0.2, 0.25) is 0 Å². The highest BCUT2D eigenvalue weighted by Gasteiger charge is 2.39. The second-order valence-electron chi connectivity index (χ2n) is 7.75. The fourth-order valence-corrected chi connectivity index (χ4v) is 4.97. The normalized spacial score (nSPS) is 30.5. The molecule has 5 atom stereocenters. The van der Waals surface area contributed by atoms with Crippen LogP contribution in [-0.2, 0) is 32.4 Å². The van der Waals surface area contributed by atoms with Crippen molar-refractivity contribution in [3.05, 3.63) is 0 Å². The summed E-state index contributed by atoms with van der Waals surface area (Å²) in [4.78, 5) is 12.0. The quantitative estimate of drug-likeness (QED) is 0.382. The molecule has 164 valence electrons. The van der Waals surface area contributed by atoms with Crippen molar-refractivity contribution in [1.29, 1.82) is 0 Å². The molecule has 0 radical (unpaired) electrons. The molecule has 2 N–H and O–H groups in total. The maximum Gasteiger partial charge on any atom is 0.475 e. The van der Waals surface area contributed by atoms with E-state index in [9.17, 15) is 19.6 Å². The number of rotatable bonds is 10. The van der Waals surface area contributed by atoms with Crippen LogP contribution in [0.4, 0.5) is 0 Å². The van der Waals surface area contributed by atoms with Gasteiger partial charge in [0.15, 0.2) is 5.12 Å². The molecular weight excluding hydrogens is 411 g/mol. The van der Waals surface area contributed by atoms with Crippen molar-refractivity contribution >= 4 is 24.7 Å². The molecule has 0 aromatic rings. The Morgan fingerprint density at radius 3 is 2.46 bits per heavy atom. The van der Waals surface area contributed by atoms with Gasteiger partial charge >= 0.3 is 7.82 Å². The lowest BCUT2D eigenvalue weighted by molar-refractivity contribution is -0.117. The Balaban J connectivity index is 1.91. The molecule has 28 heavy (non-hydrogen) atoms. The second kappa shape index (κ2) is 10.8. The second-order valence-corrected chi connectivity index (χ2v) is 10.4. The number of thioether (sulfide) groups is 1. The van der Waals surface area contributed by atoms with Crippen molar-refractivity contribution in [2.75, 3.05) is 38.8 Å². The summed E-state index contributed by atoms with van der Waals surface area (Å²) in [7, 11) is -4.01. The number of carbonyl (C=O) groups is 1. The first-order valence-electron chi connectivity index (χ1n) is 9.41. The van der Waals surface area contributed by atoms with Crippen LogP contribution in [0, 0.1) is 5.41 Å². The van der Waals surface area contributed by atoms with Crippen molar-refractivity contribution in [2.24, 2.45) is 5.41 Å². The molecule has 0 spiro atoms. The van der Waals surface area contributed by atoms with E-state index in [2.05, 4.69) is 0 Å². The van der Waals surface area contributed by atoms with E-state index >= 15 is 0 Å². The van der Waals surface area contributed by atoms with Gasteiger partial charge in [0.2, 0.25) is 0 Å². The highest BCUT2D eigenvalue weighted by Crippen LogP contribution is 2.52. The topological polar surface area (TPSA) is 121 Å². The van der Waals surface area contributed by atoms with Crippen LogP contribution in [0.25, 0.3) is 0 Å². The largest absolute Gasteiger partial charge is 0.475 e. The lowest BCUT2D eigenvalue weighted by Crippen LogP contribution is -2.29. The first-order chi connectivity index (χ1) is 13.1. The number of aliphatic hydroxyl groups excluding tert-OH is 2. The van der Waals surface area contributed by atoms with Gasteiger partial charge in [0.1, 0.15) is 18.3 Å². The smallest absolute Gasteiger partial charge is 0.394 e. The molecular formula is C17H31O9PS. The summed E-state index contributed by atoms with van der Waals surface area (Å²) >= 11 is 1.09. The number of aliphatic hydroxyl groups is 2. The number of phosphoric ester groups is 1. The third-order valence-corrected chi connectivity index (χ3v) is 7.08. The Morgan fingerprint density at radius 2 is 1.86 bits per heavy atom. The lowest BCUT2D eigenvalue weighted by Gasteiger charge is -2.25. The predicted molar refractivity (Wildman–Crippen MR) is 103 cm³/mol. The van der Waals surface area contributed by atoms with Crippen LogP contribution < -0.4 is 0 Å². The molecule has 2 heterocycles. The summed E-state index contributed by atoms with van der Waals surface area (Å²) in [5.74, 6) is 0.292. The van der Waals surface area contributed by atoms with Crippen molar-refractivity contribution < 1.29 is 42.6 Å². The minimum absolute atomic E-state index is 0.000200. The van der Waals surface area contributed by atoms with Crippen LogP contribution in [0.3, 0.4) is 0 Å². The highest BCUT2D eigenvalue weighted by molar-refractivity contribution is 8.13. The summed E-state index contributed by atoms with van der Waals surface area (Å²) in [6.07, 6.45) is -1.62. The zero-order valence-corrected chi connectivity index (χ0v) is 18.3. The van der Waals surface area contributed by atoms with Gasteiger partial charge < -0.3 is 19.7 Å². The Hall–Kier alpha value is -0.0300. The Labute approximate surface area is 170 Å². The van der Waals surface area contributed by atoms with Crippen molar-refractivity contribution in [2.45, 2.75) is 58.0 Å². The molecule has 9 nitrogen and oxygen atoms in total. The Kier molecular flexibility index (Phi) is 9.38. The fraction of sp³-hybridized carbons (Fsp3) is 0.941. The molecule has 0 bridgehead atoms. The summed E-state index contributed by atoms with van der Waals surface area (Å²) in [6.45, 7) is 5.79. The maximum atomic E-state index is 13.1. The highest BCUT2D eigenvalue weighted by atomic mass is 32.2. The summed E-state index contributed by atoms with van der Waals surface area (Å²) in [5, 5.41) is 19.2. The van der Waals surface area contributed by atoms with Crippen LogP contribution >= 0.6 is 19.6 Å². The molecule has 2 unspecified atom stereocenters. The zero-order valence-electron chi connectivity index (χ0n) is 16.6.